The first-order valence-electron chi connectivity index (χ1n) is 8.49. The molecule has 138 valence electrons. The van der Waals surface area contributed by atoms with Crippen LogP contribution in [-0.4, -0.2) is 49.1 Å². The van der Waals surface area contributed by atoms with Crippen LogP contribution in [0.3, 0.4) is 0 Å². The van der Waals surface area contributed by atoms with Crippen LogP contribution in [0.4, 0.5) is 11.6 Å². The van der Waals surface area contributed by atoms with Gasteiger partial charge in [0, 0.05) is 13.2 Å². The lowest BCUT2D eigenvalue weighted by molar-refractivity contribution is -0.118. The van der Waals surface area contributed by atoms with Gasteiger partial charge in [-0.2, -0.15) is 0 Å². The quantitative estimate of drug-likeness (QED) is 0.746. The summed E-state index contributed by atoms with van der Waals surface area (Å²) >= 11 is 0. The van der Waals surface area contributed by atoms with E-state index in [4.69, 9.17) is 14.2 Å². The molecule has 1 aliphatic rings. The van der Waals surface area contributed by atoms with E-state index in [0.29, 0.717) is 29.7 Å². The van der Waals surface area contributed by atoms with Crippen molar-refractivity contribution in [2.45, 2.75) is 18.9 Å². The Morgan fingerprint density at radius 3 is 2.65 bits per heavy atom. The summed E-state index contributed by atoms with van der Waals surface area (Å²) in [5.74, 6) is 1.75. The van der Waals surface area contributed by atoms with E-state index in [9.17, 15) is 4.79 Å². The Bertz CT molecular complexity index is 717. The highest BCUT2D eigenvalue weighted by atomic mass is 16.5. The maximum absolute atomic E-state index is 12.0. The van der Waals surface area contributed by atoms with E-state index in [1.165, 1.54) is 0 Å². The minimum atomic E-state index is -0.328. The molecule has 2 heterocycles. The SMILES string of the molecule is COc1ccccc1OCC(=O)Nc1ccc(NCC2CCCO2)nn1. The number of anilines is 2. The van der Waals surface area contributed by atoms with Crippen molar-refractivity contribution in [3.63, 3.8) is 0 Å². The van der Waals surface area contributed by atoms with Crippen molar-refractivity contribution in [1.29, 1.82) is 0 Å². The molecule has 1 fully saturated rings. The molecule has 0 saturated carbocycles. The predicted molar refractivity (Wildman–Crippen MR) is 96.6 cm³/mol. The van der Waals surface area contributed by atoms with Crippen LogP contribution < -0.4 is 20.1 Å². The summed E-state index contributed by atoms with van der Waals surface area (Å²) in [5, 5.41) is 13.9. The van der Waals surface area contributed by atoms with E-state index in [-0.39, 0.29) is 18.6 Å². The molecule has 2 aromatic rings. The fourth-order valence-electron chi connectivity index (χ4n) is 2.58. The first-order chi connectivity index (χ1) is 12.7. The predicted octanol–water partition coefficient (Wildman–Crippen LogP) is 2.09. The van der Waals surface area contributed by atoms with E-state index in [1.807, 2.05) is 12.1 Å². The molecule has 1 aliphatic heterocycles. The molecule has 1 amide bonds. The van der Waals surface area contributed by atoms with E-state index in [1.54, 1.807) is 31.4 Å². The van der Waals surface area contributed by atoms with Gasteiger partial charge in [0.25, 0.3) is 5.91 Å². The number of benzene rings is 1. The summed E-state index contributed by atoms with van der Waals surface area (Å²) in [5.41, 5.74) is 0. The number of nitrogens with one attached hydrogen (secondary N) is 2. The second-order valence-corrected chi connectivity index (χ2v) is 5.81. The Hall–Kier alpha value is -2.87. The van der Waals surface area contributed by atoms with E-state index in [0.717, 1.165) is 19.4 Å². The monoisotopic (exact) mass is 358 g/mol. The minimum absolute atomic E-state index is 0.152. The fraction of sp³-hybridized carbons (Fsp3) is 0.389. The average molecular weight is 358 g/mol. The standard InChI is InChI=1S/C18H22N4O4/c1-24-14-6-2-3-7-15(14)26-12-18(23)20-17-9-8-16(21-22-17)19-11-13-5-4-10-25-13/h2-3,6-9,13H,4-5,10-12H2,1H3,(H,19,21)(H,20,22,23). The van der Waals surface area contributed by atoms with Crippen LogP contribution in [-0.2, 0) is 9.53 Å². The largest absolute Gasteiger partial charge is 0.493 e. The summed E-state index contributed by atoms with van der Waals surface area (Å²) in [6.07, 6.45) is 2.38. The lowest BCUT2D eigenvalue weighted by atomic mass is 10.2. The Morgan fingerprint density at radius 1 is 1.19 bits per heavy atom. The van der Waals surface area contributed by atoms with Crippen molar-refractivity contribution in [1.82, 2.24) is 10.2 Å². The zero-order chi connectivity index (χ0) is 18.2. The third-order valence-electron chi connectivity index (χ3n) is 3.89. The molecule has 8 heteroatoms. The molecular formula is C18H22N4O4. The van der Waals surface area contributed by atoms with E-state index in [2.05, 4.69) is 20.8 Å². The van der Waals surface area contributed by atoms with Crippen molar-refractivity contribution < 1.29 is 19.0 Å². The van der Waals surface area contributed by atoms with E-state index >= 15 is 0 Å². The third kappa shape index (κ3) is 5.06. The van der Waals surface area contributed by atoms with Gasteiger partial charge in [-0.1, -0.05) is 12.1 Å². The molecule has 3 rings (SSSR count). The molecule has 8 nitrogen and oxygen atoms in total. The molecule has 1 atom stereocenters. The molecule has 1 unspecified atom stereocenters. The van der Waals surface area contributed by atoms with Crippen molar-refractivity contribution >= 4 is 17.5 Å². The summed E-state index contributed by atoms with van der Waals surface area (Å²) in [6, 6.07) is 10.6. The molecule has 26 heavy (non-hydrogen) atoms. The highest BCUT2D eigenvalue weighted by Gasteiger charge is 2.15. The Kier molecular flexibility index (Phi) is 6.21. The van der Waals surface area contributed by atoms with Crippen molar-refractivity contribution in [3.8, 4) is 11.5 Å². The normalized spacial score (nSPS) is 16.1. The molecule has 2 N–H and O–H groups in total. The van der Waals surface area contributed by atoms with Crippen LogP contribution in [0.25, 0.3) is 0 Å². The third-order valence-corrected chi connectivity index (χ3v) is 3.89. The van der Waals surface area contributed by atoms with Gasteiger partial charge in [-0.3, -0.25) is 4.79 Å². The topological polar surface area (TPSA) is 94.6 Å². The molecule has 0 spiro atoms. The molecule has 1 saturated heterocycles. The summed E-state index contributed by atoms with van der Waals surface area (Å²) < 4.78 is 16.2. The van der Waals surface area contributed by atoms with Gasteiger partial charge in [0.1, 0.15) is 5.82 Å². The lowest BCUT2D eigenvalue weighted by Gasteiger charge is -2.11. The first kappa shape index (κ1) is 17.9. The molecule has 1 aromatic carbocycles. The minimum Gasteiger partial charge on any atom is -0.493 e. The van der Waals surface area contributed by atoms with Crippen molar-refractivity contribution in [2.75, 3.05) is 37.5 Å². The number of carbonyl (C=O) groups excluding carboxylic acids is 1. The van der Waals surface area contributed by atoms with Crippen LogP contribution in [0.15, 0.2) is 36.4 Å². The zero-order valence-electron chi connectivity index (χ0n) is 14.6. The van der Waals surface area contributed by atoms with Crippen LogP contribution in [0.5, 0.6) is 11.5 Å². The van der Waals surface area contributed by atoms with Gasteiger partial charge in [0.15, 0.2) is 23.9 Å². The fourth-order valence-corrected chi connectivity index (χ4v) is 2.58. The summed E-state index contributed by atoms with van der Waals surface area (Å²) in [7, 11) is 1.55. The van der Waals surface area contributed by atoms with Gasteiger partial charge in [0.05, 0.1) is 13.2 Å². The van der Waals surface area contributed by atoms with Gasteiger partial charge >= 0.3 is 0 Å². The van der Waals surface area contributed by atoms with Gasteiger partial charge in [-0.15, -0.1) is 10.2 Å². The summed E-state index contributed by atoms with van der Waals surface area (Å²) in [6.45, 7) is 1.37. The van der Waals surface area contributed by atoms with Crippen LogP contribution in [0.1, 0.15) is 12.8 Å². The Morgan fingerprint density at radius 2 is 1.96 bits per heavy atom. The molecule has 0 aliphatic carbocycles. The number of rotatable bonds is 8. The maximum atomic E-state index is 12.0. The molecule has 0 bridgehead atoms. The zero-order valence-corrected chi connectivity index (χ0v) is 14.6. The maximum Gasteiger partial charge on any atom is 0.263 e. The number of ether oxygens (including phenoxy) is 3. The van der Waals surface area contributed by atoms with Gasteiger partial charge < -0.3 is 24.8 Å². The van der Waals surface area contributed by atoms with E-state index < -0.39 is 0 Å². The number of amides is 1. The summed E-state index contributed by atoms with van der Waals surface area (Å²) in [4.78, 5) is 12.0. The molecular weight excluding hydrogens is 336 g/mol. The highest BCUT2D eigenvalue weighted by molar-refractivity contribution is 5.90. The van der Waals surface area contributed by atoms with Gasteiger partial charge in [0.2, 0.25) is 0 Å². The molecule has 1 aromatic heterocycles. The first-order valence-corrected chi connectivity index (χ1v) is 8.49. The van der Waals surface area contributed by atoms with Crippen molar-refractivity contribution in [2.24, 2.45) is 0 Å². The number of hydrogen-bond donors (Lipinski definition) is 2. The second-order valence-electron chi connectivity index (χ2n) is 5.81. The van der Waals surface area contributed by atoms with Crippen LogP contribution in [0, 0.1) is 0 Å². The van der Waals surface area contributed by atoms with Gasteiger partial charge in [-0.25, -0.2) is 0 Å². The molecule has 0 radical (unpaired) electrons. The number of para-hydroxylation sites is 2. The number of aromatic nitrogens is 2. The smallest absolute Gasteiger partial charge is 0.263 e. The Labute approximate surface area is 151 Å². The number of nitrogens with zero attached hydrogens (tertiary/aromatic N) is 2. The van der Waals surface area contributed by atoms with Crippen LogP contribution in [0.2, 0.25) is 0 Å². The number of hydrogen-bond acceptors (Lipinski definition) is 7. The van der Waals surface area contributed by atoms with Crippen molar-refractivity contribution in [3.05, 3.63) is 36.4 Å². The van der Waals surface area contributed by atoms with Gasteiger partial charge in [-0.05, 0) is 37.1 Å². The lowest BCUT2D eigenvalue weighted by Crippen LogP contribution is -2.22. The highest BCUT2D eigenvalue weighted by Crippen LogP contribution is 2.25. The van der Waals surface area contributed by atoms with Crippen LogP contribution >= 0.6 is 0 Å². The second kappa shape index (κ2) is 9.00. The number of methoxy groups -OCH3 is 1. The average Bonchev–Trinajstić information content (AvgIpc) is 3.20. The number of carbonyl (C=O) groups is 1. The Balaban J connectivity index is 1.45.